The van der Waals surface area contributed by atoms with Gasteiger partial charge in [0.2, 0.25) is 5.95 Å². The van der Waals surface area contributed by atoms with Crippen LogP contribution >= 0.6 is 11.6 Å². The normalized spacial score (nSPS) is 14.9. The van der Waals surface area contributed by atoms with E-state index in [1.807, 2.05) is 30.3 Å². The number of anilines is 2. The standard InChI is InChI=1S/C16H19ClN4O/c17-14-3-1-13(2-4-14)5-7-18-15-6-8-19-16(20-15)21-9-11-22-12-10-21/h1-4,6,8H,5,7,9-12H2,(H,18,19,20). The molecule has 6 heteroatoms. The molecule has 2 heterocycles. The van der Waals surface area contributed by atoms with Crippen molar-refractivity contribution in [3.05, 3.63) is 47.1 Å². The molecule has 1 fully saturated rings. The van der Waals surface area contributed by atoms with Gasteiger partial charge in [-0.3, -0.25) is 0 Å². The second-order valence-corrected chi connectivity index (χ2v) is 5.58. The molecule has 0 radical (unpaired) electrons. The number of ether oxygens (including phenoxy) is 1. The van der Waals surface area contributed by atoms with Crippen LogP contribution in [0.2, 0.25) is 5.02 Å². The SMILES string of the molecule is Clc1ccc(CCNc2ccnc(N3CCOCC3)n2)cc1. The first-order valence-corrected chi connectivity index (χ1v) is 7.83. The second-order valence-electron chi connectivity index (χ2n) is 5.14. The summed E-state index contributed by atoms with van der Waals surface area (Å²) in [4.78, 5) is 11.1. The number of halogens is 1. The van der Waals surface area contributed by atoms with Gasteiger partial charge in [0.1, 0.15) is 5.82 Å². The smallest absolute Gasteiger partial charge is 0.227 e. The van der Waals surface area contributed by atoms with E-state index < -0.39 is 0 Å². The molecule has 1 saturated heterocycles. The molecule has 1 N–H and O–H groups in total. The third kappa shape index (κ3) is 4.08. The van der Waals surface area contributed by atoms with Crippen LogP contribution < -0.4 is 10.2 Å². The molecule has 0 amide bonds. The second kappa shape index (κ2) is 7.42. The molecule has 1 aliphatic heterocycles. The van der Waals surface area contributed by atoms with Crippen LogP contribution in [-0.2, 0) is 11.2 Å². The first kappa shape index (κ1) is 15.1. The predicted octanol–water partition coefficient (Wildman–Crippen LogP) is 2.62. The number of aromatic nitrogens is 2. The van der Waals surface area contributed by atoms with E-state index in [0.717, 1.165) is 56.1 Å². The van der Waals surface area contributed by atoms with Crippen LogP contribution in [0.1, 0.15) is 5.56 Å². The van der Waals surface area contributed by atoms with E-state index in [4.69, 9.17) is 16.3 Å². The largest absolute Gasteiger partial charge is 0.378 e. The Morgan fingerprint density at radius 1 is 1.14 bits per heavy atom. The summed E-state index contributed by atoms with van der Waals surface area (Å²) in [6.07, 6.45) is 2.72. The van der Waals surface area contributed by atoms with Crippen molar-refractivity contribution in [1.29, 1.82) is 0 Å². The highest BCUT2D eigenvalue weighted by molar-refractivity contribution is 6.30. The quantitative estimate of drug-likeness (QED) is 0.918. The average Bonchev–Trinajstić information content (AvgIpc) is 2.58. The summed E-state index contributed by atoms with van der Waals surface area (Å²) >= 11 is 5.89. The van der Waals surface area contributed by atoms with Gasteiger partial charge < -0.3 is 15.0 Å². The van der Waals surface area contributed by atoms with Gasteiger partial charge in [-0.2, -0.15) is 4.98 Å². The topological polar surface area (TPSA) is 50.3 Å². The van der Waals surface area contributed by atoms with E-state index in [1.165, 1.54) is 5.56 Å². The van der Waals surface area contributed by atoms with Crippen molar-refractivity contribution in [1.82, 2.24) is 9.97 Å². The fourth-order valence-electron chi connectivity index (χ4n) is 2.35. The minimum absolute atomic E-state index is 0.734. The van der Waals surface area contributed by atoms with Crippen LogP contribution in [0.4, 0.5) is 11.8 Å². The molecular weight excluding hydrogens is 300 g/mol. The van der Waals surface area contributed by atoms with Gasteiger partial charge in [0.15, 0.2) is 0 Å². The summed E-state index contributed by atoms with van der Waals surface area (Å²) in [7, 11) is 0. The molecular formula is C16H19ClN4O. The van der Waals surface area contributed by atoms with Gasteiger partial charge >= 0.3 is 0 Å². The Morgan fingerprint density at radius 2 is 1.91 bits per heavy atom. The molecule has 2 aromatic rings. The van der Waals surface area contributed by atoms with Crippen molar-refractivity contribution >= 4 is 23.4 Å². The summed E-state index contributed by atoms with van der Waals surface area (Å²) in [5.41, 5.74) is 1.25. The average molecular weight is 319 g/mol. The molecule has 1 aromatic carbocycles. The number of hydrogen-bond donors (Lipinski definition) is 1. The molecule has 5 nitrogen and oxygen atoms in total. The molecule has 22 heavy (non-hydrogen) atoms. The first-order chi connectivity index (χ1) is 10.8. The van der Waals surface area contributed by atoms with Crippen molar-refractivity contribution in [2.45, 2.75) is 6.42 Å². The van der Waals surface area contributed by atoms with Crippen molar-refractivity contribution in [3.8, 4) is 0 Å². The lowest BCUT2D eigenvalue weighted by molar-refractivity contribution is 0.122. The summed E-state index contributed by atoms with van der Waals surface area (Å²) in [6, 6.07) is 9.81. The number of nitrogens with one attached hydrogen (secondary N) is 1. The highest BCUT2D eigenvalue weighted by atomic mass is 35.5. The van der Waals surface area contributed by atoms with E-state index in [9.17, 15) is 0 Å². The summed E-state index contributed by atoms with van der Waals surface area (Å²) in [5, 5.41) is 4.11. The van der Waals surface area contributed by atoms with E-state index in [0.29, 0.717) is 0 Å². The Labute approximate surface area is 135 Å². The van der Waals surface area contributed by atoms with Gasteiger partial charge in [-0.25, -0.2) is 4.98 Å². The molecule has 3 rings (SSSR count). The van der Waals surface area contributed by atoms with E-state index in [-0.39, 0.29) is 0 Å². The fraction of sp³-hybridized carbons (Fsp3) is 0.375. The first-order valence-electron chi connectivity index (χ1n) is 7.45. The zero-order valence-electron chi connectivity index (χ0n) is 12.3. The number of benzene rings is 1. The van der Waals surface area contributed by atoms with Crippen molar-refractivity contribution < 1.29 is 4.74 Å². The Bertz CT molecular complexity index is 599. The van der Waals surface area contributed by atoms with Crippen molar-refractivity contribution in [2.75, 3.05) is 43.1 Å². The lowest BCUT2D eigenvalue weighted by atomic mass is 10.1. The third-order valence-corrected chi connectivity index (χ3v) is 3.82. The number of morpholine rings is 1. The fourth-order valence-corrected chi connectivity index (χ4v) is 2.47. The Morgan fingerprint density at radius 3 is 2.68 bits per heavy atom. The van der Waals surface area contributed by atoms with Crippen LogP contribution in [0, 0.1) is 0 Å². The summed E-state index contributed by atoms with van der Waals surface area (Å²) in [6.45, 7) is 3.97. The molecule has 1 aliphatic rings. The van der Waals surface area contributed by atoms with Gasteiger partial charge in [0, 0.05) is 30.9 Å². The van der Waals surface area contributed by atoms with Crippen LogP contribution in [0.15, 0.2) is 36.5 Å². The van der Waals surface area contributed by atoms with Crippen molar-refractivity contribution in [3.63, 3.8) is 0 Å². The zero-order chi connectivity index (χ0) is 15.2. The van der Waals surface area contributed by atoms with Gasteiger partial charge in [-0.15, -0.1) is 0 Å². The third-order valence-electron chi connectivity index (χ3n) is 3.57. The molecule has 0 aliphatic carbocycles. The lowest BCUT2D eigenvalue weighted by Gasteiger charge is -2.26. The molecule has 0 bridgehead atoms. The highest BCUT2D eigenvalue weighted by Gasteiger charge is 2.13. The van der Waals surface area contributed by atoms with Gasteiger partial charge in [-0.1, -0.05) is 23.7 Å². The van der Waals surface area contributed by atoms with E-state index in [2.05, 4.69) is 20.2 Å². The van der Waals surface area contributed by atoms with Gasteiger partial charge in [0.05, 0.1) is 13.2 Å². The maximum Gasteiger partial charge on any atom is 0.227 e. The summed E-state index contributed by atoms with van der Waals surface area (Å²) in [5.74, 6) is 1.62. The molecule has 0 spiro atoms. The minimum atomic E-state index is 0.734. The molecule has 116 valence electrons. The van der Waals surface area contributed by atoms with E-state index in [1.54, 1.807) is 6.20 Å². The summed E-state index contributed by atoms with van der Waals surface area (Å²) < 4.78 is 5.35. The number of rotatable bonds is 5. The van der Waals surface area contributed by atoms with Gasteiger partial charge in [-0.05, 0) is 30.2 Å². The lowest BCUT2D eigenvalue weighted by Crippen LogP contribution is -2.37. The Balaban J connectivity index is 1.55. The zero-order valence-corrected chi connectivity index (χ0v) is 13.1. The van der Waals surface area contributed by atoms with Crippen LogP contribution in [0.25, 0.3) is 0 Å². The predicted molar refractivity (Wildman–Crippen MR) is 88.7 cm³/mol. The monoisotopic (exact) mass is 318 g/mol. The van der Waals surface area contributed by atoms with E-state index >= 15 is 0 Å². The number of hydrogen-bond acceptors (Lipinski definition) is 5. The van der Waals surface area contributed by atoms with Gasteiger partial charge in [0.25, 0.3) is 0 Å². The maximum atomic E-state index is 5.89. The molecule has 1 aromatic heterocycles. The molecule has 0 saturated carbocycles. The highest BCUT2D eigenvalue weighted by Crippen LogP contribution is 2.13. The van der Waals surface area contributed by atoms with Crippen LogP contribution in [-0.4, -0.2) is 42.8 Å². The number of nitrogens with zero attached hydrogens (tertiary/aromatic N) is 3. The van der Waals surface area contributed by atoms with Crippen LogP contribution in [0.3, 0.4) is 0 Å². The Hall–Kier alpha value is -1.85. The molecule has 0 atom stereocenters. The van der Waals surface area contributed by atoms with Crippen molar-refractivity contribution in [2.24, 2.45) is 0 Å². The molecule has 0 unspecified atom stereocenters. The van der Waals surface area contributed by atoms with Crippen LogP contribution in [0.5, 0.6) is 0 Å². The Kier molecular flexibility index (Phi) is 5.08. The maximum absolute atomic E-state index is 5.89. The minimum Gasteiger partial charge on any atom is -0.378 e.